The van der Waals surface area contributed by atoms with Crippen LogP contribution in [0.25, 0.3) is 0 Å². The topological polar surface area (TPSA) is 37.4 Å². The second-order valence-electron chi connectivity index (χ2n) is 6.85. The van der Waals surface area contributed by atoms with Gasteiger partial charge in [0.1, 0.15) is 0 Å². The molecule has 20 heavy (non-hydrogen) atoms. The molecule has 4 unspecified atom stereocenters. The largest absolute Gasteiger partial charge is 1.00 e. The van der Waals surface area contributed by atoms with Crippen LogP contribution in [-0.2, 0) is 9.59 Å². The van der Waals surface area contributed by atoms with E-state index in [0.29, 0.717) is 6.54 Å². The zero-order valence-electron chi connectivity index (χ0n) is 13.0. The number of hydrogen-bond acceptors (Lipinski definition) is 2. The van der Waals surface area contributed by atoms with Gasteiger partial charge >= 0.3 is 0 Å². The Hall–Kier alpha value is -0.680. The third-order valence-corrected chi connectivity index (χ3v) is 4.25. The molecule has 2 rings (SSSR count). The summed E-state index contributed by atoms with van der Waals surface area (Å²) in [6, 6.07) is 0. The van der Waals surface area contributed by atoms with Gasteiger partial charge in [-0.05, 0) is 12.8 Å². The number of imide groups is 1. The molecule has 4 atom stereocenters. The van der Waals surface area contributed by atoms with E-state index in [4.69, 9.17) is 0 Å². The molecule has 0 radical (unpaired) electrons. The van der Waals surface area contributed by atoms with Gasteiger partial charge in [0.05, 0.1) is 39.5 Å². The molecule has 1 fully saturated rings. The maximum atomic E-state index is 12.5. The Kier molecular flexibility index (Phi) is 5.19. The molecule has 2 aliphatic rings. The van der Waals surface area contributed by atoms with E-state index in [1.807, 2.05) is 13.8 Å². The fourth-order valence-electron chi connectivity index (χ4n) is 3.45. The van der Waals surface area contributed by atoms with E-state index in [2.05, 4.69) is 33.3 Å². The minimum absolute atomic E-state index is 0. The molecule has 0 aromatic rings. The molecule has 1 saturated heterocycles. The second-order valence-corrected chi connectivity index (χ2v) is 6.85. The fourth-order valence-corrected chi connectivity index (χ4v) is 3.45. The van der Waals surface area contributed by atoms with Gasteiger partial charge in [-0.1, -0.05) is 19.1 Å². The van der Waals surface area contributed by atoms with Crippen molar-refractivity contribution in [2.45, 2.75) is 13.8 Å². The van der Waals surface area contributed by atoms with Crippen LogP contribution in [0.4, 0.5) is 0 Å². The molecule has 0 bridgehead atoms. The second kappa shape index (κ2) is 5.98. The number of hydrogen-bond donors (Lipinski definition) is 0. The van der Waals surface area contributed by atoms with Gasteiger partial charge in [-0.2, -0.15) is 0 Å². The average Bonchev–Trinajstić information content (AvgIpc) is 2.54. The first kappa shape index (κ1) is 17.4. The Morgan fingerprint density at radius 2 is 1.65 bits per heavy atom. The van der Waals surface area contributed by atoms with Gasteiger partial charge in [0.2, 0.25) is 11.8 Å². The minimum atomic E-state index is -0.148. The Balaban J connectivity index is 0.00000200. The van der Waals surface area contributed by atoms with Gasteiger partial charge in [-0.15, -0.1) is 0 Å². The van der Waals surface area contributed by atoms with Crippen LogP contribution in [0.5, 0.6) is 0 Å². The highest BCUT2D eigenvalue weighted by Gasteiger charge is 2.53. The normalized spacial score (nSPS) is 33.1. The molecular weight excluding hydrogens is 320 g/mol. The summed E-state index contributed by atoms with van der Waals surface area (Å²) in [6.45, 7) is 5.30. The van der Waals surface area contributed by atoms with E-state index in [1.165, 1.54) is 4.90 Å². The Bertz CT molecular complexity index is 428. The van der Waals surface area contributed by atoms with E-state index in [0.717, 1.165) is 11.0 Å². The lowest BCUT2D eigenvalue weighted by Gasteiger charge is -2.35. The molecule has 1 aliphatic carbocycles. The quantitative estimate of drug-likeness (QED) is 0.342. The number of halogens is 1. The summed E-state index contributed by atoms with van der Waals surface area (Å²) >= 11 is 0. The molecule has 0 N–H and O–H groups in total. The van der Waals surface area contributed by atoms with Crippen LogP contribution in [0.3, 0.4) is 0 Å². The van der Waals surface area contributed by atoms with Crippen LogP contribution >= 0.6 is 0 Å². The van der Waals surface area contributed by atoms with Crippen LogP contribution in [0.2, 0.25) is 0 Å². The first-order valence-corrected chi connectivity index (χ1v) is 7.10. The lowest BCUT2D eigenvalue weighted by molar-refractivity contribution is -0.873. The van der Waals surface area contributed by atoms with Crippen molar-refractivity contribution in [1.82, 2.24) is 4.90 Å². The van der Waals surface area contributed by atoms with Crippen molar-refractivity contribution < 1.29 is 31.1 Å². The zero-order chi connectivity index (χ0) is 14.4. The summed E-state index contributed by atoms with van der Waals surface area (Å²) in [6.07, 6.45) is 4.27. The molecule has 0 spiro atoms. The predicted molar refractivity (Wildman–Crippen MR) is 74.1 cm³/mol. The van der Waals surface area contributed by atoms with Gasteiger partial charge in [0.15, 0.2) is 0 Å². The molecule has 0 aromatic carbocycles. The lowest BCUT2D eigenvalue weighted by atomic mass is 9.72. The van der Waals surface area contributed by atoms with Gasteiger partial charge in [-0.25, -0.2) is 0 Å². The SMILES string of the molecule is CCN1C(=O)C2C(C)C=CC(C[N+](C)(C)C)C2C1=O.[Br-]. The molecule has 0 saturated carbocycles. The van der Waals surface area contributed by atoms with Crippen molar-refractivity contribution in [1.29, 1.82) is 0 Å². The van der Waals surface area contributed by atoms with Gasteiger partial charge in [0.25, 0.3) is 0 Å². The summed E-state index contributed by atoms with van der Waals surface area (Å²) in [5, 5.41) is 0. The first-order chi connectivity index (χ1) is 8.76. The Morgan fingerprint density at radius 1 is 1.10 bits per heavy atom. The van der Waals surface area contributed by atoms with E-state index in [1.54, 1.807) is 0 Å². The lowest BCUT2D eigenvalue weighted by Crippen LogP contribution is -3.00. The van der Waals surface area contributed by atoms with E-state index < -0.39 is 0 Å². The zero-order valence-corrected chi connectivity index (χ0v) is 14.6. The fraction of sp³-hybridized carbons (Fsp3) is 0.733. The van der Waals surface area contributed by atoms with E-state index in [-0.39, 0.29) is 52.5 Å². The van der Waals surface area contributed by atoms with Crippen molar-refractivity contribution in [3.63, 3.8) is 0 Å². The van der Waals surface area contributed by atoms with E-state index >= 15 is 0 Å². The number of carbonyl (C=O) groups is 2. The molecular formula is C15H25BrN2O2. The number of allylic oxidation sites excluding steroid dienone is 1. The van der Waals surface area contributed by atoms with Crippen molar-refractivity contribution in [2.24, 2.45) is 23.7 Å². The maximum Gasteiger partial charge on any atom is 0.233 e. The molecule has 1 heterocycles. The molecule has 5 heteroatoms. The molecule has 4 nitrogen and oxygen atoms in total. The van der Waals surface area contributed by atoms with Crippen molar-refractivity contribution in [3.05, 3.63) is 12.2 Å². The van der Waals surface area contributed by atoms with Gasteiger partial charge < -0.3 is 21.5 Å². The number of quaternary nitrogens is 1. The summed E-state index contributed by atoms with van der Waals surface area (Å²) in [5.74, 6) is 0.114. The Labute approximate surface area is 132 Å². The number of nitrogens with zero attached hydrogens (tertiary/aromatic N) is 2. The summed E-state index contributed by atoms with van der Waals surface area (Å²) in [7, 11) is 6.37. The summed E-state index contributed by atoms with van der Waals surface area (Å²) in [5.41, 5.74) is 0. The monoisotopic (exact) mass is 344 g/mol. The first-order valence-electron chi connectivity index (χ1n) is 7.10. The highest BCUT2D eigenvalue weighted by atomic mass is 79.9. The molecule has 114 valence electrons. The van der Waals surface area contributed by atoms with Crippen molar-refractivity contribution >= 4 is 11.8 Å². The van der Waals surface area contributed by atoms with Gasteiger partial charge in [0, 0.05) is 12.5 Å². The number of rotatable bonds is 3. The van der Waals surface area contributed by atoms with Crippen LogP contribution in [0.15, 0.2) is 12.2 Å². The smallest absolute Gasteiger partial charge is 0.233 e. The van der Waals surface area contributed by atoms with Crippen LogP contribution in [0, 0.1) is 23.7 Å². The highest BCUT2D eigenvalue weighted by Crippen LogP contribution is 2.41. The minimum Gasteiger partial charge on any atom is -1.00 e. The van der Waals surface area contributed by atoms with Crippen LogP contribution in [0.1, 0.15) is 13.8 Å². The third-order valence-electron chi connectivity index (χ3n) is 4.25. The molecule has 2 amide bonds. The number of amides is 2. The van der Waals surface area contributed by atoms with E-state index in [9.17, 15) is 9.59 Å². The number of likely N-dealkylation sites (tertiary alicyclic amines) is 1. The maximum absolute atomic E-state index is 12.5. The summed E-state index contributed by atoms with van der Waals surface area (Å²) in [4.78, 5) is 26.3. The van der Waals surface area contributed by atoms with Crippen molar-refractivity contribution in [2.75, 3.05) is 34.2 Å². The highest BCUT2D eigenvalue weighted by molar-refractivity contribution is 6.05. The van der Waals surface area contributed by atoms with Crippen molar-refractivity contribution in [3.8, 4) is 0 Å². The molecule has 1 aliphatic heterocycles. The van der Waals surface area contributed by atoms with Crippen LogP contribution in [-0.4, -0.2) is 55.4 Å². The van der Waals surface area contributed by atoms with Crippen LogP contribution < -0.4 is 17.0 Å². The van der Waals surface area contributed by atoms with Gasteiger partial charge in [-0.3, -0.25) is 14.5 Å². The average molecular weight is 345 g/mol. The third kappa shape index (κ3) is 2.98. The molecule has 0 aromatic heterocycles. The Morgan fingerprint density at radius 3 is 2.15 bits per heavy atom. The predicted octanol–water partition coefficient (Wildman–Crippen LogP) is -1.86. The number of fused-ring (bicyclic) bond motifs is 1. The summed E-state index contributed by atoms with van der Waals surface area (Å²) < 4.78 is 0.806. The standard InChI is InChI=1S/C15H25N2O2.BrH/c1-6-16-14(18)12-10(2)7-8-11(9-17(3,4)5)13(12)15(16)19;/h7-8,10-13H,6,9H2,1-5H3;1H/q+1;/p-1. The number of carbonyl (C=O) groups excluding carboxylic acids is 2.